The molecule has 9 nitrogen and oxygen atoms in total. The number of likely N-dealkylation sites (N-methyl/N-ethyl adjacent to an activating group) is 1. The Bertz CT molecular complexity index is 391. The van der Waals surface area contributed by atoms with Crippen molar-refractivity contribution in [2.24, 2.45) is 0 Å². The van der Waals surface area contributed by atoms with Crippen LogP contribution in [0.4, 0.5) is 0 Å². The van der Waals surface area contributed by atoms with Gasteiger partial charge >= 0.3 is 5.97 Å². The predicted molar refractivity (Wildman–Crippen MR) is 60.6 cm³/mol. The van der Waals surface area contributed by atoms with E-state index in [0.29, 0.717) is 13.1 Å². The molecule has 0 radical (unpaired) electrons. The Hall–Kier alpha value is -2.03. The lowest BCUT2D eigenvalue weighted by Gasteiger charge is -2.22. The van der Waals surface area contributed by atoms with Crippen molar-refractivity contribution in [2.45, 2.75) is 6.54 Å². The maximum atomic E-state index is 11.9. The van der Waals surface area contributed by atoms with Gasteiger partial charge in [0.15, 0.2) is 0 Å². The first kappa shape index (κ1) is 14.0. The number of tetrazole rings is 1. The number of amides is 1. The number of aromatic nitrogens is 4. The van der Waals surface area contributed by atoms with Crippen molar-refractivity contribution in [3.05, 3.63) is 6.33 Å². The van der Waals surface area contributed by atoms with Crippen molar-refractivity contribution in [1.82, 2.24) is 30.0 Å². The highest BCUT2D eigenvalue weighted by Gasteiger charge is 2.17. The minimum atomic E-state index is -1.04. The maximum Gasteiger partial charge on any atom is 0.323 e. The molecular formula is C9H16N6O3. The third kappa shape index (κ3) is 4.87. The molecule has 9 heteroatoms. The summed E-state index contributed by atoms with van der Waals surface area (Å²) in [6.07, 6.45) is 1.31. The van der Waals surface area contributed by atoms with Crippen molar-refractivity contribution >= 4 is 11.9 Å². The molecule has 0 aromatic carbocycles. The van der Waals surface area contributed by atoms with E-state index in [2.05, 4.69) is 15.5 Å². The van der Waals surface area contributed by atoms with Crippen molar-refractivity contribution in [2.75, 3.05) is 33.7 Å². The van der Waals surface area contributed by atoms with Crippen LogP contribution in [-0.2, 0) is 16.1 Å². The molecule has 18 heavy (non-hydrogen) atoms. The molecule has 1 rings (SSSR count). The number of hydrogen-bond donors (Lipinski definition) is 1. The van der Waals surface area contributed by atoms with Gasteiger partial charge in [0.05, 0.1) is 0 Å². The number of carbonyl (C=O) groups excluding carboxylic acids is 1. The fourth-order valence-electron chi connectivity index (χ4n) is 1.27. The lowest BCUT2D eigenvalue weighted by atomic mass is 10.4. The van der Waals surface area contributed by atoms with Crippen LogP contribution in [0.1, 0.15) is 0 Å². The van der Waals surface area contributed by atoms with Crippen LogP contribution in [0.15, 0.2) is 6.33 Å². The van der Waals surface area contributed by atoms with Gasteiger partial charge in [-0.1, -0.05) is 0 Å². The van der Waals surface area contributed by atoms with Gasteiger partial charge < -0.3 is 14.9 Å². The Morgan fingerprint density at radius 1 is 1.33 bits per heavy atom. The van der Waals surface area contributed by atoms with Crippen LogP contribution in [0.2, 0.25) is 0 Å². The highest BCUT2D eigenvalue weighted by atomic mass is 16.4. The van der Waals surface area contributed by atoms with Gasteiger partial charge in [-0.3, -0.25) is 9.59 Å². The smallest absolute Gasteiger partial charge is 0.323 e. The van der Waals surface area contributed by atoms with Crippen LogP contribution in [0.3, 0.4) is 0 Å². The van der Waals surface area contributed by atoms with E-state index in [1.165, 1.54) is 15.9 Å². The summed E-state index contributed by atoms with van der Waals surface area (Å²) in [6, 6.07) is 0. The Morgan fingerprint density at radius 3 is 2.56 bits per heavy atom. The third-order valence-electron chi connectivity index (χ3n) is 2.18. The molecule has 0 saturated carbocycles. The number of hydrogen-bond acceptors (Lipinski definition) is 6. The summed E-state index contributed by atoms with van der Waals surface area (Å²) >= 11 is 0. The summed E-state index contributed by atoms with van der Waals surface area (Å²) in [6.45, 7) is 0.553. The summed E-state index contributed by atoms with van der Waals surface area (Å²) < 4.78 is 1.26. The molecule has 100 valence electrons. The highest BCUT2D eigenvalue weighted by molar-refractivity contribution is 5.81. The van der Waals surface area contributed by atoms with Gasteiger partial charge in [0.1, 0.15) is 19.4 Å². The molecule has 0 aliphatic heterocycles. The van der Waals surface area contributed by atoms with E-state index in [1.807, 2.05) is 19.0 Å². The van der Waals surface area contributed by atoms with E-state index in [4.69, 9.17) is 5.11 Å². The van der Waals surface area contributed by atoms with E-state index in [-0.39, 0.29) is 19.0 Å². The Kier molecular flexibility index (Phi) is 5.18. The zero-order valence-electron chi connectivity index (χ0n) is 10.4. The van der Waals surface area contributed by atoms with Crippen LogP contribution in [-0.4, -0.2) is 80.7 Å². The number of aliphatic carboxylic acids is 1. The maximum absolute atomic E-state index is 11.9. The Labute approximate surface area is 104 Å². The molecule has 0 atom stereocenters. The molecule has 1 N–H and O–H groups in total. The van der Waals surface area contributed by atoms with E-state index < -0.39 is 5.97 Å². The second-order valence-electron chi connectivity index (χ2n) is 4.02. The van der Waals surface area contributed by atoms with Gasteiger partial charge in [-0.05, 0) is 24.5 Å². The monoisotopic (exact) mass is 256 g/mol. The van der Waals surface area contributed by atoms with Crippen molar-refractivity contribution < 1.29 is 14.7 Å². The molecule has 0 bridgehead atoms. The van der Waals surface area contributed by atoms with E-state index in [9.17, 15) is 9.59 Å². The lowest BCUT2D eigenvalue weighted by molar-refractivity contribution is -0.144. The van der Waals surface area contributed by atoms with Gasteiger partial charge in [-0.25, -0.2) is 4.68 Å². The topological polar surface area (TPSA) is 104 Å². The fourth-order valence-corrected chi connectivity index (χ4v) is 1.27. The molecule has 1 heterocycles. The minimum absolute atomic E-state index is 0.0618. The highest BCUT2D eigenvalue weighted by Crippen LogP contribution is 1.94. The van der Waals surface area contributed by atoms with Crippen LogP contribution < -0.4 is 0 Å². The zero-order chi connectivity index (χ0) is 13.5. The normalized spacial score (nSPS) is 10.6. The third-order valence-corrected chi connectivity index (χ3v) is 2.18. The molecule has 0 unspecified atom stereocenters. The second kappa shape index (κ2) is 6.64. The van der Waals surface area contributed by atoms with Crippen LogP contribution in [0, 0.1) is 0 Å². The zero-order valence-corrected chi connectivity index (χ0v) is 10.4. The average molecular weight is 256 g/mol. The SMILES string of the molecule is CN(C)CCN(CC(=O)O)C(=O)Cn1cnnn1. The van der Waals surface area contributed by atoms with E-state index in [0.717, 1.165) is 0 Å². The number of carboxylic acid groups (broad SMARTS) is 1. The summed E-state index contributed by atoms with van der Waals surface area (Å²) in [5, 5.41) is 19.1. The van der Waals surface area contributed by atoms with Gasteiger partial charge in [0.25, 0.3) is 0 Å². The summed E-state index contributed by atoms with van der Waals surface area (Å²) in [5.41, 5.74) is 0. The fraction of sp³-hybridized carbons (Fsp3) is 0.667. The molecular weight excluding hydrogens is 240 g/mol. The van der Waals surface area contributed by atoms with Crippen LogP contribution in [0.25, 0.3) is 0 Å². The molecule has 1 aromatic heterocycles. The molecule has 0 aliphatic carbocycles. The van der Waals surface area contributed by atoms with Gasteiger partial charge in [0, 0.05) is 13.1 Å². The second-order valence-corrected chi connectivity index (χ2v) is 4.02. The first-order valence-corrected chi connectivity index (χ1v) is 5.34. The van der Waals surface area contributed by atoms with E-state index >= 15 is 0 Å². The average Bonchev–Trinajstić information content (AvgIpc) is 2.76. The largest absolute Gasteiger partial charge is 0.480 e. The first-order chi connectivity index (χ1) is 8.49. The molecule has 0 spiro atoms. The van der Waals surface area contributed by atoms with Crippen LogP contribution in [0.5, 0.6) is 0 Å². The van der Waals surface area contributed by atoms with E-state index in [1.54, 1.807) is 0 Å². The standard InChI is InChI=1S/C9H16N6O3/c1-13(2)3-4-14(6-9(17)18)8(16)5-15-7-10-11-12-15/h7H,3-6H2,1-2H3,(H,17,18). The summed E-state index contributed by atoms with van der Waals surface area (Å²) in [7, 11) is 3.70. The number of carbonyl (C=O) groups is 2. The molecule has 0 fully saturated rings. The van der Waals surface area contributed by atoms with Crippen molar-refractivity contribution in [3.8, 4) is 0 Å². The Morgan fingerprint density at radius 2 is 2.06 bits per heavy atom. The Balaban J connectivity index is 2.57. The first-order valence-electron chi connectivity index (χ1n) is 5.34. The number of rotatable bonds is 7. The molecule has 0 aliphatic rings. The van der Waals surface area contributed by atoms with Crippen LogP contribution >= 0.6 is 0 Å². The number of nitrogens with zero attached hydrogens (tertiary/aromatic N) is 6. The lowest BCUT2D eigenvalue weighted by Crippen LogP contribution is -2.41. The quantitative estimate of drug-likeness (QED) is 0.610. The summed E-state index contributed by atoms with van der Waals surface area (Å²) in [5.74, 6) is -1.37. The van der Waals surface area contributed by atoms with Gasteiger partial charge in [0.2, 0.25) is 5.91 Å². The molecule has 0 saturated heterocycles. The predicted octanol–water partition coefficient (Wildman–Crippen LogP) is -1.85. The van der Waals surface area contributed by atoms with Crippen molar-refractivity contribution in [1.29, 1.82) is 0 Å². The molecule has 1 amide bonds. The number of carboxylic acids is 1. The van der Waals surface area contributed by atoms with Gasteiger partial charge in [-0.15, -0.1) is 5.10 Å². The van der Waals surface area contributed by atoms with Gasteiger partial charge in [-0.2, -0.15) is 0 Å². The molecule has 1 aromatic rings. The van der Waals surface area contributed by atoms with Crippen molar-refractivity contribution in [3.63, 3.8) is 0 Å². The summed E-state index contributed by atoms with van der Waals surface area (Å²) in [4.78, 5) is 25.7. The minimum Gasteiger partial charge on any atom is -0.480 e.